The highest BCUT2D eigenvalue weighted by Gasteiger charge is 2.28. The Kier molecular flexibility index (Phi) is 12.5. The van der Waals surface area contributed by atoms with Gasteiger partial charge in [0.1, 0.15) is 5.60 Å². The normalized spacial score (nSPS) is 15.4. The van der Waals surface area contributed by atoms with Crippen molar-refractivity contribution in [2.75, 3.05) is 51.3 Å². The first-order chi connectivity index (χ1) is 15.1. The number of aliphatic imine (C=N–C) groups is 1. The number of amides is 1. The van der Waals surface area contributed by atoms with E-state index in [0.717, 1.165) is 57.5 Å². The molecule has 188 valence electrons. The van der Waals surface area contributed by atoms with Crippen LogP contribution in [0.1, 0.15) is 47.1 Å². The van der Waals surface area contributed by atoms with Crippen molar-refractivity contribution < 1.29 is 14.3 Å². The fraction of sp³-hybridized carbons (Fsp3) is 0.667. The quantitative estimate of drug-likeness (QED) is 0.248. The fourth-order valence-electron chi connectivity index (χ4n) is 3.38. The maximum absolute atomic E-state index is 11.9. The fourth-order valence-corrected chi connectivity index (χ4v) is 3.38. The van der Waals surface area contributed by atoms with Crippen molar-refractivity contribution in [3.8, 4) is 0 Å². The van der Waals surface area contributed by atoms with Gasteiger partial charge in [-0.3, -0.25) is 15.2 Å². The molecule has 1 saturated heterocycles. The van der Waals surface area contributed by atoms with Crippen LogP contribution in [0.15, 0.2) is 29.3 Å². The van der Waals surface area contributed by atoms with Crippen LogP contribution < -0.4 is 16.0 Å². The van der Waals surface area contributed by atoms with Crippen LogP contribution in [-0.4, -0.2) is 74.0 Å². The Bertz CT molecular complexity index is 741. The topological polar surface area (TPSA) is 87.2 Å². The van der Waals surface area contributed by atoms with E-state index in [1.165, 1.54) is 5.56 Å². The molecule has 0 saturated carbocycles. The van der Waals surface area contributed by atoms with E-state index in [2.05, 4.69) is 41.6 Å². The predicted molar refractivity (Wildman–Crippen MR) is 146 cm³/mol. The molecular weight excluding hydrogens is 533 g/mol. The zero-order valence-corrected chi connectivity index (χ0v) is 23.3. The number of rotatable bonds is 8. The van der Waals surface area contributed by atoms with E-state index in [9.17, 15) is 4.79 Å². The van der Waals surface area contributed by atoms with Gasteiger partial charge in [0.05, 0.1) is 19.8 Å². The third kappa shape index (κ3) is 11.4. The molecule has 1 amide bonds. The van der Waals surface area contributed by atoms with Gasteiger partial charge in [0.15, 0.2) is 5.96 Å². The van der Waals surface area contributed by atoms with Crippen molar-refractivity contribution in [1.29, 1.82) is 0 Å². The third-order valence-electron chi connectivity index (χ3n) is 5.14. The molecule has 0 atom stereocenters. The SMILES string of the molecule is CCNC(=NCC(C)(C)N1CCOCC1)NCCc1ccc(NC(=O)OC(C)(C)C)cc1.I. The van der Waals surface area contributed by atoms with E-state index in [1.807, 2.05) is 45.0 Å². The van der Waals surface area contributed by atoms with E-state index in [-0.39, 0.29) is 29.5 Å². The van der Waals surface area contributed by atoms with Gasteiger partial charge in [-0.2, -0.15) is 0 Å². The summed E-state index contributed by atoms with van der Waals surface area (Å²) in [6.07, 6.45) is 0.405. The van der Waals surface area contributed by atoms with E-state index >= 15 is 0 Å². The molecule has 0 radical (unpaired) electrons. The van der Waals surface area contributed by atoms with Crippen LogP contribution in [0.3, 0.4) is 0 Å². The van der Waals surface area contributed by atoms with Crippen molar-refractivity contribution in [3.05, 3.63) is 29.8 Å². The number of nitrogens with one attached hydrogen (secondary N) is 3. The van der Waals surface area contributed by atoms with Crippen molar-refractivity contribution in [1.82, 2.24) is 15.5 Å². The van der Waals surface area contributed by atoms with Crippen LogP contribution in [0.2, 0.25) is 0 Å². The standard InChI is InChI=1S/C24H41N5O3.HI/c1-7-25-21(27-18-24(5,6)29-14-16-31-17-15-29)26-13-12-19-8-10-20(11-9-19)28-22(30)32-23(2,3)4;/h8-11H,7,12-18H2,1-6H3,(H,28,30)(H2,25,26,27);1H. The average molecular weight is 576 g/mol. The number of hydrogen-bond donors (Lipinski definition) is 3. The summed E-state index contributed by atoms with van der Waals surface area (Å²) in [5.41, 5.74) is 1.37. The number of anilines is 1. The van der Waals surface area contributed by atoms with E-state index in [1.54, 1.807) is 0 Å². The summed E-state index contributed by atoms with van der Waals surface area (Å²) in [6, 6.07) is 7.81. The van der Waals surface area contributed by atoms with Crippen LogP contribution in [-0.2, 0) is 15.9 Å². The number of nitrogens with zero attached hydrogens (tertiary/aromatic N) is 2. The monoisotopic (exact) mass is 575 g/mol. The van der Waals surface area contributed by atoms with Gasteiger partial charge in [-0.15, -0.1) is 24.0 Å². The third-order valence-corrected chi connectivity index (χ3v) is 5.14. The maximum Gasteiger partial charge on any atom is 0.412 e. The van der Waals surface area contributed by atoms with Crippen molar-refractivity contribution in [2.24, 2.45) is 4.99 Å². The first-order valence-electron chi connectivity index (χ1n) is 11.5. The van der Waals surface area contributed by atoms with Gasteiger partial charge < -0.3 is 20.1 Å². The number of benzene rings is 1. The molecule has 1 heterocycles. The number of carbonyl (C=O) groups excluding carboxylic acids is 1. The minimum Gasteiger partial charge on any atom is -0.444 e. The second kappa shape index (κ2) is 14.0. The smallest absolute Gasteiger partial charge is 0.412 e. The second-order valence-electron chi connectivity index (χ2n) is 9.61. The molecule has 1 aliphatic rings. The van der Waals surface area contributed by atoms with Crippen LogP contribution in [0.4, 0.5) is 10.5 Å². The Hall–Kier alpha value is -1.59. The zero-order chi connectivity index (χ0) is 23.6. The molecule has 0 bridgehead atoms. The van der Waals surface area contributed by atoms with Gasteiger partial charge in [0, 0.05) is 37.4 Å². The van der Waals surface area contributed by atoms with Gasteiger partial charge in [-0.25, -0.2) is 4.79 Å². The van der Waals surface area contributed by atoms with Crippen LogP contribution in [0.25, 0.3) is 0 Å². The second-order valence-corrected chi connectivity index (χ2v) is 9.61. The molecule has 0 unspecified atom stereocenters. The van der Waals surface area contributed by atoms with Crippen LogP contribution in [0.5, 0.6) is 0 Å². The van der Waals surface area contributed by atoms with Gasteiger partial charge in [0.25, 0.3) is 0 Å². The lowest BCUT2D eigenvalue weighted by Gasteiger charge is -2.39. The molecule has 1 fully saturated rings. The lowest BCUT2D eigenvalue weighted by molar-refractivity contribution is -0.00683. The summed E-state index contributed by atoms with van der Waals surface area (Å²) >= 11 is 0. The molecule has 1 aromatic rings. The molecule has 9 heteroatoms. The molecule has 33 heavy (non-hydrogen) atoms. The molecule has 8 nitrogen and oxygen atoms in total. The highest BCUT2D eigenvalue weighted by molar-refractivity contribution is 14.0. The van der Waals surface area contributed by atoms with Gasteiger partial charge in [0.2, 0.25) is 0 Å². The highest BCUT2D eigenvalue weighted by atomic mass is 127. The van der Waals surface area contributed by atoms with E-state index in [4.69, 9.17) is 14.5 Å². The highest BCUT2D eigenvalue weighted by Crippen LogP contribution is 2.16. The summed E-state index contributed by atoms with van der Waals surface area (Å²) in [5, 5.41) is 9.51. The Morgan fingerprint density at radius 3 is 2.30 bits per heavy atom. The molecular formula is C24H42IN5O3. The molecule has 0 spiro atoms. The Morgan fingerprint density at radius 2 is 1.73 bits per heavy atom. The summed E-state index contributed by atoms with van der Waals surface area (Å²) in [7, 11) is 0. The van der Waals surface area contributed by atoms with Crippen molar-refractivity contribution in [3.63, 3.8) is 0 Å². The zero-order valence-electron chi connectivity index (χ0n) is 21.0. The summed E-state index contributed by atoms with van der Waals surface area (Å²) in [4.78, 5) is 19.1. The van der Waals surface area contributed by atoms with E-state index in [0.29, 0.717) is 6.54 Å². The molecule has 0 aromatic heterocycles. The number of carbonyl (C=O) groups is 1. The largest absolute Gasteiger partial charge is 0.444 e. The maximum atomic E-state index is 11.9. The lowest BCUT2D eigenvalue weighted by atomic mass is 10.0. The Labute approximate surface area is 216 Å². The van der Waals surface area contributed by atoms with Gasteiger partial charge in [-0.05, 0) is 65.7 Å². The van der Waals surface area contributed by atoms with Crippen LogP contribution >= 0.6 is 24.0 Å². The predicted octanol–water partition coefficient (Wildman–Crippen LogP) is 3.86. The number of halogens is 1. The van der Waals surface area contributed by atoms with E-state index < -0.39 is 11.7 Å². The number of hydrogen-bond acceptors (Lipinski definition) is 5. The summed E-state index contributed by atoms with van der Waals surface area (Å²) in [6.45, 7) is 17.8. The molecule has 1 aliphatic heterocycles. The summed E-state index contributed by atoms with van der Waals surface area (Å²) < 4.78 is 10.8. The first-order valence-corrected chi connectivity index (χ1v) is 11.5. The summed E-state index contributed by atoms with van der Waals surface area (Å²) in [5.74, 6) is 0.831. The minimum atomic E-state index is -0.515. The Balaban J connectivity index is 0.00000544. The molecule has 2 rings (SSSR count). The van der Waals surface area contributed by atoms with Crippen LogP contribution in [0, 0.1) is 0 Å². The number of ether oxygens (including phenoxy) is 2. The number of guanidine groups is 1. The minimum absolute atomic E-state index is 0. The van der Waals surface area contributed by atoms with Crippen molar-refractivity contribution in [2.45, 2.75) is 59.1 Å². The van der Waals surface area contributed by atoms with Crippen molar-refractivity contribution >= 4 is 41.7 Å². The Morgan fingerprint density at radius 1 is 1.09 bits per heavy atom. The average Bonchev–Trinajstić information content (AvgIpc) is 2.72. The first kappa shape index (κ1) is 29.4. The molecule has 0 aliphatic carbocycles. The van der Waals surface area contributed by atoms with Gasteiger partial charge >= 0.3 is 6.09 Å². The number of morpholine rings is 1. The molecule has 3 N–H and O–H groups in total. The van der Waals surface area contributed by atoms with Gasteiger partial charge in [-0.1, -0.05) is 12.1 Å². The molecule has 1 aromatic carbocycles. The lowest BCUT2D eigenvalue weighted by Crippen LogP contribution is -2.52.